The minimum absolute atomic E-state index is 0.262. The van der Waals surface area contributed by atoms with Crippen molar-refractivity contribution in [1.82, 2.24) is 0 Å². The first-order chi connectivity index (χ1) is 14.3. The van der Waals surface area contributed by atoms with E-state index < -0.39 is 5.54 Å². The van der Waals surface area contributed by atoms with E-state index in [0.717, 1.165) is 32.7 Å². The van der Waals surface area contributed by atoms with Crippen molar-refractivity contribution in [3.8, 4) is 5.75 Å². The van der Waals surface area contributed by atoms with Crippen molar-refractivity contribution in [1.29, 1.82) is 0 Å². The van der Waals surface area contributed by atoms with Gasteiger partial charge in [0.15, 0.2) is 11.8 Å². The van der Waals surface area contributed by atoms with Gasteiger partial charge in [0.2, 0.25) is 0 Å². The van der Waals surface area contributed by atoms with Gasteiger partial charge < -0.3 is 9.94 Å². The second-order valence-electron chi connectivity index (χ2n) is 8.11. The van der Waals surface area contributed by atoms with E-state index in [1.807, 2.05) is 87.5 Å². The van der Waals surface area contributed by atoms with Crippen molar-refractivity contribution in [2.75, 3.05) is 0 Å². The van der Waals surface area contributed by atoms with Crippen molar-refractivity contribution in [3.05, 3.63) is 106 Å². The minimum Gasteiger partial charge on any atom is -0.623 e. The van der Waals surface area contributed by atoms with Crippen LogP contribution in [0, 0.1) is 11.0 Å². The Morgan fingerprint density at radius 1 is 0.867 bits per heavy atom. The molecule has 30 heavy (non-hydrogen) atoms. The molecule has 3 aromatic rings. The SMILES string of the molecule is CC(C)(C)/[N+]([O-])=C\c1ccc(/C=C/c2ccc(OCc3cccc(F)c3)cc2)cc1. The highest BCUT2D eigenvalue weighted by atomic mass is 19.1. The van der Waals surface area contributed by atoms with Crippen LogP contribution in [0.15, 0.2) is 72.8 Å². The van der Waals surface area contributed by atoms with Gasteiger partial charge in [-0.1, -0.05) is 48.6 Å². The van der Waals surface area contributed by atoms with Crippen molar-refractivity contribution in [3.63, 3.8) is 0 Å². The molecule has 4 heteroatoms. The van der Waals surface area contributed by atoms with Crippen LogP contribution >= 0.6 is 0 Å². The molecule has 0 N–H and O–H groups in total. The fourth-order valence-corrected chi connectivity index (χ4v) is 2.68. The predicted octanol–water partition coefficient (Wildman–Crippen LogP) is 6.30. The minimum atomic E-state index is -0.453. The lowest BCUT2D eigenvalue weighted by molar-refractivity contribution is -0.530. The molecule has 0 aromatic heterocycles. The van der Waals surface area contributed by atoms with Crippen LogP contribution in [0.5, 0.6) is 5.75 Å². The van der Waals surface area contributed by atoms with Crippen LogP contribution in [0.4, 0.5) is 4.39 Å². The Bertz CT molecular complexity index is 1030. The lowest BCUT2D eigenvalue weighted by Gasteiger charge is -2.18. The molecule has 0 heterocycles. The Morgan fingerprint density at radius 2 is 1.43 bits per heavy atom. The predicted molar refractivity (Wildman–Crippen MR) is 121 cm³/mol. The summed E-state index contributed by atoms with van der Waals surface area (Å²) in [6, 6.07) is 22.0. The molecule has 3 rings (SSSR count). The number of hydrogen-bond acceptors (Lipinski definition) is 2. The van der Waals surface area contributed by atoms with E-state index in [1.54, 1.807) is 12.3 Å². The molecule has 0 radical (unpaired) electrons. The van der Waals surface area contributed by atoms with Gasteiger partial charge in [0.05, 0.1) is 0 Å². The number of nitrogens with zero attached hydrogens (tertiary/aromatic N) is 1. The van der Waals surface area contributed by atoms with Gasteiger partial charge in [-0.25, -0.2) is 9.13 Å². The van der Waals surface area contributed by atoms with Crippen LogP contribution in [-0.2, 0) is 6.61 Å². The third-order valence-corrected chi connectivity index (χ3v) is 4.51. The van der Waals surface area contributed by atoms with Crippen LogP contribution in [0.3, 0.4) is 0 Å². The zero-order chi connectivity index (χ0) is 21.6. The lowest BCUT2D eigenvalue weighted by Crippen LogP contribution is -2.29. The van der Waals surface area contributed by atoms with Crippen LogP contribution in [0.1, 0.15) is 43.0 Å². The van der Waals surface area contributed by atoms with Crippen molar-refractivity contribution in [2.45, 2.75) is 32.9 Å². The van der Waals surface area contributed by atoms with Gasteiger partial charge in [-0.15, -0.1) is 0 Å². The van der Waals surface area contributed by atoms with Gasteiger partial charge in [-0.05, 0) is 53.1 Å². The summed E-state index contributed by atoms with van der Waals surface area (Å²) in [5, 5.41) is 12.0. The van der Waals surface area contributed by atoms with Gasteiger partial charge in [0.1, 0.15) is 18.2 Å². The number of benzene rings is 3. The Hall–Kier alpha value is -3.40. The smallest absolute Gasteiger partial charge is 0.182 e. The molecule has 3 aromatic carbocycles. The molecule has 0 atom stereocenters. The van der Waals surface area contributed by atoms with E-state index in [4.69, 9.17) is 4.74 Å². The second kappa shape index (κ2) is 9.40. The first-order valence-electron chi connectivity index (χ1n) is 9.86. The van der Waals surface area contributed by atoms with Gasteiger partial charge in [0.25, 0.3) is 0 Å². The maximum absolute atomic E-state index is 13.2. The zero-order valence-electron chi connectivity index (χ0n) is 17.5. The molecule has 0 aliphatic heterocycles. The fraction of sp³-hybridized carbons (Fsp3) is 0.192. The fourth-order valence-electron chi connectivity index (χ4n) is 2.68. The van der Waals surface area contributed by atoms with Crippen molar-refractivity contribution in [2.24, 2.45) is 0 Å². The zero-order valence-corrected chi connectivity index (χ0v) is 17.5. The molecule has 3 nitrogen and oxygen atoms in total. The van der Waals surface area contributed by atoms with Crippen molar-refractivity contribution >= 4 is 18.4 Å². The normalized spacial score (nSPS) is 12.3. The maximum atomic E-state index is 13.2. The topological polar surface area (TPSA) is 35.3 Å². The van der Waals surface area contributed by atoms with Crippen molar-refractivity contribution < 1.29 is 13.9 Å². The van der Waals surface area contributed by atoms with E-state index in [1.165, 1.54) is 12.1 Å². The van der Waals surface area contributed by atoms with E-state index in [9.17, 15) is 9.60 Å². The molecule has 0 spiro atoms. The molecule has 0 aliphatic carbocycles. The third-order valence-electron chi connectivity index (χ3n) is 4.51. The van der Waals surface area contributed by atoms with Crippen LogP contribution in [0.2, 0.25) is 0 Å². The van der Waals surface area contributed by atoms with Gasteiger partial charge in [-0.3, -0.25) is 0 Å². The summed E-state index contributed by atoms with van der Waals surface area (Å²) in [5.74, 6) is 0.472. The molecule has 0 saturated carbocycles. The van der Waals surface area contributed by atoms with Crippen LogP contribution < -0.4 is 4.74 Å². The van der Waals surface area contributed by atoms with Crippen LogP contribution in [0.25, 0.3) is 12.2 Å². The molecule has 0 amide bonds. The standard InChI is InChI=1S/C26H26FNO2/c1-26(2,3)28(29)18-22-11-9-20(10-12-22)7-8-21-13-15-25(16-14-21)30-19-23-5-4-6-24(27)17-23/h4-18H,19H2,1-3H3/b8-7+,28-18+. The third kappa shape index (κ3) is 6.31. The molecule has 0 unspecified atom stereocenters. The molecular formula is C26H26FNO2. The highest BCUT2D eigenvalue weighted by Crippen LogP contribution is 2.17. The van der Waals surface area contributed by atoms with Gasteiger partial charge in [-0.2, -0.15) is 0 Å². The Kier molecular flexibility index (Phi) is 6.68. The number of hydroxylamine groups is 1. The summed E-state index contributed by atoms with van der Waals surface area (Å²) in [5.41, 5.74) is 3.30. The summed E-state index contributed by atoms with van der Waals surface area (Å²) in [6.07, 6.45) is 5.64. The Morgan fingerprint density at radius 3 is 2.00 bits per heavy atom. The Labute approximate surface area is 177 Å². The summed E-state index contributed by atoms with van der Waals surface area (Å²) < 4.78 is 19.9. The van der Waals surface area contributed by atoms with E-state index in [-0.39, 0.29) is 5.82 Å². The van der Waals surface area contributed by atoms with Gasteiger partial charge in [0, 0.05) is 26.3 Å². The number of hydrogen-bond donors (Lipinski definition) is 0. The molecule has 154 valence electrons. The summed E-state index contributed by atoms with van der Waals surface area (Å²) in [7, 11) is 0. The van der Waals surface area contributed by atoms with E-state index >= 15 is 0 Å². The molecule has 0 aliphatic rings. The first kappa shape index (κ1) is 21.3. The summed E-state index contributed by atoms with van der Waals surface area (Å²) >= 11 is 0. The summed E-state index contributed by atoms with van der Waals surface area (Å²) in [4.78, 5) is 0. The van der Waals surface area contributed by atoms with Crippen LogP contribution in [-0.4, -0.2) is 16.5 Å². The quantitative estimate of drug-likeness (QED) is 0.159. The molecular weight excluding hydrogens is 377 g/mol. The number of halogens is 1. The number of rotatable bonds is 6. The molecule has 0 bridgehead atoms. The lowest BCUT2D eigenvalue weighted by atomic mass is 10.1. The maximum Gasteiger partial charge on any atom is 0.182 e. The Balaban J connectivity index is 1.58. The highest BCUT2D eigenvalue weighted by Gasteiger charge is 2.17. The highest BCUT2D eigenvalue weighted by molar-refractivity contribution is 5.77. The molecule has 0 fully saturated rings. The van der Waals surface area contributed by atoms with E-state index in [0.29, 0.717) is 6.61 Å². The second-order valence-corrected chi connectivity index (χ2v) is 8.11. The molecule has 0 saturated heterocycles. The monoisotopic (exact) mass is 403 g/mol. The van der Waals surface area contributed by atoms with Gasteiger partial charge >= 0.3 is 0 Å². The average molecular weight is 403 g/mol. The average Bonchev–Trinajstić information content (AvgIpc) is 2.72. The number of ether oxygens (including phenoxy) is 1. The van der Waals surface area contributed by atoms with E-state index in [2.05, 4.69) is 0 Å². The largest absolute Gasteiger partial charge is 0.623 e. The summed E-state index contributed by atoms with van der Waals surface area (Å²) in [6.45, 7) is 5.97. The first-order valence-corrected chi connectivity index (χ1v) is 9.86.